The van der Waals surface area contributed by atoms with Crippen LogP contribution in [0.4, 0.5) is 0 Å². The van der Waals surface area contributed by atoms with Gasteiger partial charge in [0.2, 0.25) is 0 Å². The van der Waals surface area contributed by atoms with Crippen molar-refractivity contribution in [2.24, 2.45) is 0 Å². The zero-order valence-corrected chi connectivity index (χ0v) is 11.3. The second kappa shape index (κ2) is 5.45. The Morgan fingerprint density at radius 1 is 1.33 bits per heavy atom. The lowest BCUT2D eigenvalue weighted by atomic mass is 10.0. The third-order valence-corrected chi connectivity index (χ3v) is 4.20. The zero-order chi connectivity index (χ0) is 12.4. The molecule has 1 aromatic heterocycles. The van der Waals surface area contributed by atoms with Crippen LogP contribution in [0.25, 0.3) is 0 Å². The molecular weight excluding hydrogens is 224 g/mol. The number of nitrogens with zero attached hydrogens (tertiary/aromatic N) is 1. The average Bonchev–Trinajstić information content (AvgIpc) is 3.09. The van der Waals surface area contributed by atoms with E-state index in [1.807, 2.05) is 6.07 Å². The largest absolute Gasteiger partial charge is 0.469 e. The van der Waals surface area contributed by atoms with Gasteiger partial charge in [0.05, 0.1) is 6.26 Å². The van der Waals surface area contributed by atoms with Gasteiger partial charge in [-0.1, -0.05) is 0 Å². The highest BCUT2D eigenvalue weighted by Crippen LogP contribution is 2.29. The van der Waals surface area contributed by atoms with Crippen molar-refractivity contribution in [1.82, 2.24) is 10.2 Å². The van der Waals surface area contributed by atoms with Gasteiger partial charge >= 0.3 is 0 Å². The van der Waals surface area contributed by atoms with Crippen LogP contribution in [0.2, 0.25) is 0 Å². The van der Waals surface area contributed by atoms with E-state index in [0.29, 0.717) is 12.1 Å². The summed E-state index contributed by atoms with van der Waals surface area (Å²) in [4.78, 5) is 2.68. The molecule has 2 aliphatic rings. The lowest BCUT2D eigenvalue weighted by Gasteiger charge is -2.33. The molecule has 1 unspecified atom stereocenters. The van der Waals surface area contributed by atoms with Gasteiger partial charge in [0.1, 0.15) is 5.76 Å². The molecule has 1 N–H and O–H groups in total. The van der Waals surface area contributed by atoms with Gasteiger partial charge in [-0.2, -0.15) is 0 Å². The Morgan fingerprint density at radius 3 is 2.72 bits per heavy atom. The molecule has 2 fully saturated rings. The van der Waals surface area contributed by atoms with Crippen molar-refractivity contribution in [3.05, 3.63) is 24.2 Å². The van der Waals surface area contributed by atoms with E-state index in [1.165, 1.54) is 38.8 Å². The Bertz CT molecular complexity index is 351. The fourth-order valence-electron chi connectivity index (χ4n) is 3.06. The maximum atomic E-state index is 5.40. The molecule has 3 rings (SSSR count). The number of rotatable bonds is 5. The minimum atomic E-state index is 0.508. The third kappa shape index (κ3) is 3.15. The number of likely N-dealkylation sites (tertiary alicyclic amines) is 1. The Morgan fingerprint density at radius 2 is 2.11 bits per heavy atom. The highest BCUT2D eigenvalue weighted by Gasteiger charge is 2.31. The van der Waals surface area contributed by atoms with Gasteiger partial charge in [-0.3, -0.25) is 0 Å². The lowest BCUT2D eigenvalue weighted by molar-refractivity contribution is 0.183. The highest BCUT2D eigenvalue weighted by molar-refractivity contribution is 5.00. The summed E-state index contributed by atoms with van der Waals surface area (Å²) in [7, 11) is 0. The molecule has 1 aliphatic heterocycles. The molecule has 1 aliphatic carbocycles. The summed E-state index contributed by atoms with van der Waals surface area (Å²) in [5.41, 5.74) is 0. The first-order chi connectivity index (χ1) is 8.81. The minimum absolute atomic E-state index is 0.508. The van der Waals surface area contributed by atoms with Crippen molar-refractivity contribution in [2.45, 2.75) is 57.2 Å². The Balaban J connectivity index is 1.40. The van der Waals surface area contributed by atoms with E-state index in [2.05, 4.69) is 23.2 Å². The maximum Gasteiger partial charge on any atom is 0.105 e. The second-order valence-corrected chi connectivity index (χ2v) is 5.89. The molecule has 0 bridgehead atoms. The van der Waals surface area contributed by atoms with Gasteiger partial charge < -0.3 is 14.6 Å². The van der Waals surface area contributed by atoms with Crippen molar-refractivity contribution in [3.8, 4) is 0 Å². The van der Waals surface area contributed by atoms with Gasteiger partial charge in [-0.05, 0) is 57.8 Å². The standard InChI is InChI=1S/C15H24N2O/c1-12(11-15-3-2-10-18-15)16-13-6-8-17(9-7-13)14-4-5-14/h2-3,10,12-14,16H,4-9,11H2,1H3. The van der Waals surface area contributed by atoms with Crippen LogP contribution in [0.15, 0.2) is 22.8 Å². The Hall–Kier alpha value is -0.800. The van der Waals surface area contributed by atoms with Gasteiger partial charge in [-0.25, -0.2) is 0 Å². The van der Waals surface area contributed by atoms with Crippen LogP contribution in [0.1, 0.15) is 38.4 Å². The van der Waals surface area contributed by atoms with E-state index in [0.717, 1.165) is 18.2 Å². The topological polar surface area (TPSA) is 28.4 Å². The molecule has 0 radical (unpaired) electrons. The minimum Gasteiger partial charge on any atom is -0.469 e. The first kappa shape index (κ1) is 12.2. The molecule has 3 nitrogen and oxygen atoms in total. The fourth-order valence-corrected chi connectivity index (χ4v) is 3.06. The van der Waals surface area contributed by atoms with Crippen molar-refractivity contribution >= 4 is 0 Å². The summed E-state index contributed by atoms with van der Waals surface area (Å²) in [5, 5.41) is 3.75. The predicted molar refractivity (Wildman–Crippen MR) is 72.6 cm³/mol. The monoisotopic (exact) mass is 248 g/mol. The van der Waals surface area contributed by atoms with Crippen LogP contribution >= 0.6 is 0 Å². The molecular formula is C15H24N2O. The van der Waals surface area contributed by atoms with Crippen LogP contribution in [-0.4, -0.2) is 36.1 Å². The van der Waals surface area contributed by atoms with E-state index in [9.17, 15) is 0 Å². The van der Waals surface area contributed by atoms with Crippen LogP contribution < -0.4 is 5.32 Å². The Kier molecular flexibility index (Phi) is 3.71. The third-order valence-electron chi connectivity index (χ3n) is 4.20. The van der Waals surface area contributed by atoms with Gasteiger partial charge in [0.15, 0.2) is 0 Å². The predicted octanol–water partition coefficient (Wildman–Crippen LogP) is 2.43. The van der Waals surface area contributed by atoms with Crippen molar-refractivity contribution < 1.29 is 4.42 Å². The van der Waals surface area contributed by atoms with Crippen LogP contribution in [0.5, 0.6) is 0 Å². The molecule has 1 aromatic rings. The van der Waals surface area contributed by atoms with E-state index in [4.69, 9.17) is 4.42 Å². The molecule has 1 saturated heterocycles. The highest BCUT2D eigenvalue weighted by atomic mass is 16.3. The molecule has 0 aromatic carbocycles. The summed E-state index contributed by atoms with van der Waals surface area (Å²) in [6, 6.07) is 6.18. The zero-order valence-electron chi connectivity index (χ0n) is 11.3. The average molecular weight is 248 g/mol. The molecule has 3 heteroatoms. The lowest BCUT2D eigenvalue weighted by Crippen LogP contribution is -2.46. The summed E-state index contributed by atoms with van der Waals surface area (Å²) >= 11 is 0. The molecule has 1 saturated carbocycles. The Labute approximate surface area is 110 Å². The molecule has 1 atom stereocenters. The molecule has 0 spiro atoms. The molecule has 2 heterocycles. The SMILES string of the molecule is CC(Cc1ccco1)NC1CCN(C2CC2)CC1. The van der Waals surface area contributed by atoms with Gasteiger partial charge in [-0.15, -0.1) is 0 Å². The summed E-state index contributed by atoms with van der Waals surface area (Å²) in [5.74, 6) is 1.09. The van der Waals surface area contributed by atoms with Crippen molar-refractivity contribution in [3.63, 3.8) is 0 Å². The summed E-state index contributed by atoms with van der Waals surface area (Å²) < 4.78 is 5.40. The first-order valence-corrected chi connectivity index (χ1v) is 7.34. The maximum absolute atomic E-state index is 5.40. The summed E-state index contributed by atoms with van der Waals surface area (Å²) in [6.45, 7) is 4.83. The van der Waals surface area contributed by atoms with Crippen LogP contribution in [0.3, 0.4) is 0 Å². The van der Waals surface area contributed by atoms with E-state index < -0.39 is 0 Å². The normalized spacial score (nSPS) is 24.3. The molecule has 0 amide bonds. The van der Waals surface area contributed by atoms with Crippen molar-refractivity contribution in [1.29, 1.82) is 0 Å². The van der Waals surface area contributed by atoms with Crippen LogP contribution in [0, 0.1) is 0 Å². The molecule has 100 valence electrons. The van der Waals surface area contributed by atoms with Crippen LogP contribution in [-0.2, 0) is 6.42 Å². The number of hydrogen-bond acceptors (Lipinski definition) is 3. The number of piperidine rings is 1. The van der Waals surface area contributed by atoms with Gasteiger partial charge in [0, 0.05) is 24.5 Å². The summed E-state index contributed by atoms with van der Waals surface area (Å²) in [6.07, 6.45) is 8.24. The molecule has 18 heavy (non-hydrogen) atoms. The van der Waals surface area contributed by atoms with E-state index >= 15 is 0 Å². The fraction of sp³-hybridized carbons (Fsp3) is 0.733. The van der Waals surface area contributed by atoms with E-state index in [-0.39, 0.29) is 0 Å². The second-order valence-electron chi connectivity index (χ2n) is 5.89. The van der Waals surface area contributed by atoms with Crippen molar-refractivity contribution in [2.75, 3.05) is 13.1 Å². The first-order valence-electron chi connectivity index (χ1n) is 7.34. The number of hydrogen-bond donors (Lipinski definition) is 1. The smallest absolute Gasteiger partial charge is 0.105 e. The van der Waals surface area contributed by atoms with Gasteiger partial charge in [0.25, 0.3) is 0 Å². The number of furan rings is 1. The number of nitrogens with one attached hydrogen (secondary N) is 1. The quantitative estimate of drug-likeness (QED) is 0.867. The van der Waals surface area contributed by atoms with E-state index in [1.54, 1.807) is 6.26 Å².